The van der Waals surface area contributed by atoms with Crippen LogP contribution in [-0.2, 0) is 0 Å². The van der Waals surface area contributed by atoms with E-state index < -0.39 is 0 Å². The number of imidazole rings is 1. The first kappa shape index (κ1) is 24.1. The zero-order valence-electron chi connectivity index (χ0n) is 21.9. The average molecular weight is 527 g/mol. The molecule has 7 rings (SSSR count). The van der Waals surface area contributed by atoms with Crippen molar-refractivity contribution in [3.8, 4) is 62.6 Å². The Hall–Kier alpha value is -5.93. The maximum Gasteiger partial charge on any atom is 0.167 e. The van der Waals surface area contributed by atoms with Gasteiger partial charge in [0, 0.05) is 28.5 Å². The largest absolute Gasteiger partial charge is 0.298 e. The Labute approximate surface area is 236 Å². The molecule has 3 heterocycles. The van der Waals surface area contributed by atoms with Crippen molar-refractivity contribution >= 4 is 5.65 Å². The first-order valence-corrected chi connectivity index (χ1v) is 13.2. The molecule has 0 radical (unpaired) electrons. The van der Waals surface area contributed by atoms with Crippen LogP contribution in [0.4, 0.5) is 0 Å². The molecule has 4 aromatic carbocycles. The lowest BCUT2D eigenvalue weighted by Crippen LogP contribution is -2.00. The van der Waals surface area contributed by atoms with E-state index in [2.05, 4.69) is 35.3 Å². The molecular weight excluding hydrogens is 504 g/mol. The molecule has 0 spiro atoms. The van der Waals surface area contributed by atoms with Crippen molar-refractivity contribution in [3.63, 3.8) is 0 Å². The molecule has 0 aliphatic heterocycles. The first-order chi connectivity index (χ1) is 20.3. The highest BCUT2D eigenvalue weighted by atomic mass is 15.0. The minimum absolute atomic E-state index is 0.397. The van der Waals surface area contributed by atoms with E-state index in [-0.39, 0.29) is 0 Å². The number of fused-ring (bicyclic) bond motifs is 1. The van der Waals surface area contributed by atoms with Crippen LogP contribution in [0.3, 0.4) is 0 Å². The topological polar surface area (TPSA) is 79.8 Å². The van der Waals surface area contributed by atoms with Gasteiger partial charge >= 0.3 is 0 Å². The molecule has 3 aromatic heterocycles. The molecule has 6 heteroatoms. The summed E-state index contributed by atoms with van der Waals surface area (Å²) >= 11 is 0. The van der Waals surface area contributed by atoms with Crippen molar-refractivity contribution in [2.75, 3.05) is 0 Å². The number of hydrogen-bond donors (Lipinski definition) is 0. The monoisotopic (exact) mass is 526 g/mol. The lowest BCUT2D eigenvalue weighted by Gasteiger charge is -2.10. The standard InChI is InChI=1S/C35H22N6/c36-23-30-32(41-20-8-7-19-31(41)37-30)28-17-9-15-26(21-28)27-16-10-18-29(22-27)35-39-33(24-11-3-1-4-12-24)38-34(40-35)25-13-5-2-6-14-25/h1-22H. The summed E-state index contributed by atoms with van der Waals surface area (Å²) in [6, 6.07) is 44.3. The van der Waals surface area contributed by atoms with E-state index in [1.165, 1.54) is 0 Å². The fraction of sp³-hybridized carbons (Fsp3) is 0. The van der Waals surface area contributed by atoms with E-state index in [9.17, 15) is 5.26 Å². The van der Waals surface area contributed by atoms with Crippen molar-refractivity contribution < 1.29 is 0 Å². The zero-order valence-corrected chi connectivity index (χ0v) is 21.9. The maximum absolute atomic E-state index is 9.79. The van der Waals surface area contributed by atoms with Crippen molar-refractivity contribution in [2.24, 2.45) is 0 Å². The van der Waals surface area contributed by atoms with Gasteiger partial charge in [-0.3, -0.25) is 4.40 Å². The number of benzene rings is 4. The molecule has 0 atom stereocenters. The van der Waals surface area contributed by atoms with Crippen molar-refractivity contribution in [1.82, 2.24) is 24.3 Å². The Morgan fingerprint density at radius 2 is 0.951 bits per heavy atom. The zero-order chi connectivity index (χ0) is 27.6. The maximum atomic E-state index is 9.79. The van der Waals surface area contributed by atoms with Gasteiger partial charge in [0.2, 0.25) is 0 Å². The van der Waals surface area contributed by atoms with Gasteiger partial charge in [-0.05, 0) is 35.4 Å². The van der Waals surface area contributed by atoms with Crippen molar-refractivity contribution in [1.29, 1.82) is 5.26 Å². The summed E-state index contributed by atoms with van der Waals surface area (Å²) in [4.78, 5) is 19.1. The third-order valence-corrected chi connectivity index (χ3v) is 6.93. The van der Waals surface area contributed by atoms with E-state index in [4.69, 9.17) is 15.0 Å². The molecule has 7 aromatic rings. The summed E-state index contributed by atoms with van der Waals surface area (Å²) in [6.45, 7) is 0. The summed E-state index contributed by atoms with van der Waals surface area (Å²) in [7, 11) is 0. The van der Waals surface area contributed by atoms with E-state index >= 15 is 0 Å². The predicted octanol–water partition coefficient (Wildman–Crippen LogP) is 7.73. The van der Waals surface area contributed by atoms with Gasteiger partial charge in [0.1, 0.15) is 11.7 Å². The van der Waals surface area contributed by atoms with Gasteiger partial charge in [0.05, 0.1) is 5.69 Å². The van der Waals surface area contributed by atoms with Gasteiger partial charge in [-0.1, -0.05) is 103 Å². The minimum Gasteiger partial charge on any atom is -0.298 e. The van der Waals surface area contributed by atoms with Crippen LogP contribution in [-0.4, -0.2) is 24.3 Å². The Bertz CT molecular complexity index is 2000. The fourth-order valence-corrected chi connectivity index (χ4v) is 4.97. The van der Waals surface area contributed by atoms with Gasteiger partial charge in [-0.25, -0.2) is 19.9 Å². The third-order valence-electron chi connectivity index (χ3n) is 6.93. The summed E-state index contributed by atoms with van der Waals surface area (Å²) in [5, 5.41) is 9.79. The van der Waals surface area contributed by atoms with Gasteiger partial charge < -0.3 is 0 Å². The molecule has 0 saturated heterocycles. The first-order valence-electron chi connectivity index (χ1n) is 13.2. The molecule has 0 aliphatic carbocycles. The summed E-state index contributed by atoms with van der Waals surface area (Å²) in [5.41, 5.74) is 7.60. The van der Waals surface area contributed by atoms with E-state index in [0.717, 1.165) is 44.7 Å². The molecular formula is C35H22N6. The number of rotatable bonds is 5. The highest BCUT2D eigenvalue weighted by Gasteiger charge is 2.16. The van der Waals surface area contributed by atoms with Crippen LogP contribution in [0.2, 0.25) is 0 Å². The number of pyridine rings is 1. The molecule has 6 nitrogen and oxygen atoms in total. The SMILES string of the molecule is N#Cc1nc2ccccn2c1-c1cccc(-c2cccc(-c3nc(-c4ccccc4)nc(-c4ccccc4)n3)c2)c1. The Balaban J connectivity index is 1.34. The van der Waals surface area contributed by atoms with Gasteiger partial charge in [0.15, 0.2) is 23.2 Å². The Kier molecular flexibility index (Phi) is 6.08. The summed E-state index contributed by atoms with van der Waals surface area (Å²) < 4.78 is 1.95. The van der Waals surface area contributed by atoms with Gasteiger partial charge in [-0.2, -0.15) is 5.26 Å². The van der Waals surface area contributed by atoms with Crippen LogP contribution in [0, 0.1) is 11.3 Å². The average Bonchev–Trinajstić information content (AvgIpc) is 3.44. The number of nitrogens with zero attached hydrogens (tertiary/aromatic N) is 6. The lowest BCUT2D eigenvalue weighted by atomic mass is 9.99. The molecule has 0 saturated carbocycles. The second-order valence-electron chi connectivity index (χ2n) is 9.55. The summed E-state index contributed by atoms with van der Waals surface area (Å²) in [6.07, 6.45) is 1.93. The Morgan fingerprint density at radius 3 is 1.56 bits per heavy atom. The van der Waals surface area contributed by atoms with Gasteiger partial charge in [-0.15, -0.1) is 0 Å². The van der Waals surface area contributed by atoms with Crippen LogP contribution in [0.15, 0.2) is 134 Å². The summed E-state index contributed by atoms with van der Waals surface area (Å²) in [5.74, 6) is 1.85. The number of nitriles is 1. The molecule has 0 fully saturated rings. The predicted molar refractivity (Wildman–Crippen MR) is 160 cm³/mol. The highest BCUT2D eigenvalue weighted by molar-refractivity contribution is 5.78. The highest BCUT2D eigenvalue weighted by Crippen LogP contribution is 2.32. The molecule has 0 aliphatic rings. The van der Waals surface area contributed by atoms with Crippen LogP contribution in [0.1, 0.15) is 5.69 Å². The van der Waals surface area contributed by atoms with E-state index in [1.54, 1.807) is 0 Å². The van der Waals surface area contributed by atoms with Crippen LogP contribution >= 0.6 is 0 Å². The van der Waals surface area contributed by atoms with E-state index in [0.29, 0.717) is 23.2 Å². The van der Waals surface area contributed by atoms with Crippen LogP contribution in [0.25, 0.3) is 62.2 Å². The Morgan fingerprint density at radius 1 is 0.463 bits per heavy atom. The third kappa shape index (κ3) is 4.62. The van der Waals surface area contributed by atoms with Crippen molar-refractivity contribution in [3.05, 3.63) is 139 Å². The second kappa shape index (κ2) is 10.3. The molecule has 0 unspecified atom stereocenters. The molecule has 41 heavy (non-hydrogen) atoms. The molecule has 0 bridgehead atoms. The minimum atomic E-state index is 0.397. The smallest absolute Gasteiger partial charge is 0.167 e. The number of hydrogen-bond acceptors (Lipinski definition) is 5. The second-order valence-corrected chi connectivity index (χ2v) is 9.55. The normalized spacial score (nSPS) is 10.9. The quantitative estimate of drug-likeness (QED) is 0.229. The van der Waals surface area contributed by atoms with Crippen LogP contribution < -0.4 is 0 Å². The fourth-order valence-electron chi connectivity index (χ4n) is 4.97. The van der Waals surface area contributed by atoms with E-state index in [1.807, 2.05) is 114 Å². The molecule has 0 amide bonds. The molecule has 192 valence electrons. The van der Waals surface area contributed by atoms with Gasteiger partial charge in [0.25, 0.3) is 0 Å². The molecule has 0 N–H and O–H groups in total. The number of aromatic nitrogens is 5. The lowest BCUT2D eigenvalue weighted by molar-refractivity contribution is 1.07. The van der Waals surface area contributed by atoms with Crippen LogP contribution in [0.5, 0.6) is 0 Å². The van der Waals surface area contributed by atoms with Crippen molar-refractivity contribution in [2.45, 2.75) is 0 Å².